The lowest BCUT2D eigenvalue weighted by atomic mass is 10.0. The first-order chi connectivity index (χ1) is 13.4. The molecule has 0 fully saturated rings. The Balaban J connectivity index is 1.84. The average Bonchev–Trinajstić information content (AvgIpc) is 2.69. The van der Waals surface area contributed by atoms with E-state index in [0.29, 0.717) is 5.75 Å². The number of nitrogens with one attached hydrogen (secondary N) is 1. The van der Waals surface area contributed by atoms with Crippen LogP contribution in [0.3, 0.4) is 0 Å². The highest BCUT2D eigenvalue weighted by molar-refractivity contribution is 5.91. The second-order valence-corrected chi connectivity index (χ2v) is 6.29. The Kier molecular flexibility index (Phi) is 7.56. The lowest BCUT2D eigenvalue weighted by Crippen LogP contribution is -2.32. The zero-order chi connectivity index (χ0) is 20.5. The summed E-state index contributed by atoms with van der Waals surface area (Å²) in [5.41, 5.74) is 7.41. The smallest absolute Gasteiger partial charge is 0.338 e. The summed E-state index contributed by atoms with van der Waals surface area (Å²) in [5, 5.41) is 2.87. The zero-order valence-electron chi connectivity index (χ0n) is 15.9. The second kappa shape index (κ2) is 10.1. The van der Waals surface area contributed by atoms with Crippen molar-refractivity contribution in [1.82, 2.24) is 5.32 Å². The Morgan fingerprint density at radius 2 is 1.64 bits per heavy atom. The molecule has 0 saturated heterocycles. The fraction of sp³-hybridized carbons (Fsp3) is 0.286. The standard InChI is InChI=1S/C21H24N2O5/c1-3-18(15-6-4-14(2)5-7-15)23-20(25)13-28-21(26)16-8-10-17(11-9-16)27-12-19(22)24/h4-11,18H,3,12-13H2,1-2H3,(H2,22,24)(H,23,25)/t18-/m0/s1. The third-order valence-corrected chi connectivity index (χ3v) is 4.03. The number of hydrogen-bond donors (Lipinski definition) is 2. The number of amides is 2. The van der Waals surface area contributed by atoms with Gasteiger partial charge in [0.05, 0.1) is 11.6 Å². The molecule has 2 aromatic carbocycles. The zero-order valence-corrected chi connectivity index (χ0v) is 15.9. The maximum absolute atomic E-state index is 12.1. The Morgan fingerprint density at radius 1 is 1.00 bits per heavy atom. The Hall–Kier alpha value is -3.35. The minimum absolute atomic E-state index is 0.145. The van der Waals surface area contributed by atoms with Gasteiger partial charge in [-0.15, -0.1) is 0 Å². The molecule has 2 amide bonds. The van der Waals surface area contributed by atoms with Gasteiger partial charge in [0.1, 0.15) is 5.75 Å². The molecule has 0 aliphatic rings. The SMILES string of the molecule is CC[C@H](NC(=O)COC(=O)c1ccc(OCC(N)=O)cc1)c1ccc(C)cc1. The van der Waals surface area contributed by atoms with Crippen LogP contribution in [0.2, 0.25) is 0 Å². The van der Waals surface area contributed by atoms with Crippen molar-refractivity contribution in [2.75, 3.05) is 13.2 Å². The number of benzene rings is 2. The van der Waals surface area contributed by atoms with E-state index in [1.807, 2.05) is 38.1 Å². The van der Waals surface area contributed by atoms with Crippen LogP contribution in [-0.2, 0) is 14.3 Å². The highest BCUT2D eigenvalue weighted by Gasteiger charge is 2.15. The van der Waals surface area contributed by atoms with Gasteiger partial charge in [0.15, 0.2) is 13.2 Å². The van der Waals surface area contributed by atoms with Crippen molar-refractivity contribution < 1.29 is 23.9 Å². The molecule has 0 bridgehead atoms. The van der Waals surface area contributed by atoms with E-state index in [0.717, 1.165) is 17.5 Å². The van der Waals surface area contributed by atoms with Crippen molar-refractivity contribution in [1.29, 1.82) is 0 Å². The van der Waals surface area contributed by atoms with Crippen LogP contribution < -0.4 is 15.8 Å². The van der Waals surface area contributed by atoms with E-state index in [1.54, 1.807) is 0 Å². The Bertz CT molecular complexity index is 816. The van der Waals surface area contributed by atoms with E-state index in [9.17, 15) is 14.4 Å². The van der Waals surface area contributed by atoms with Gasteiger partial charge in [-0.1, -0.05) is 36.8 Å². The van der Waals surface area contributed by atoms with Gasteiger partial charge in [0.2, 0.25) is 0 Å². The molecule has 0 aliphatic heterocycles. The van der Waals surface area contributed by atoms with Crippen LogP contribution in [0.5, 0.6) is 5.75 Å². The molecule has 0 spiro atoms. The molecule has 0 aliphatic carbocycles. The number of nitrogens with two attached hydrogens (primary N) is 1. The van der Waals surface area contributed by atoms with Gasteiger partial charge in [0, 0.05) is 0 Å². The van der Waals surface area contributed by atoms with Crippen molar-refractivity contribution in [3.05, 3.63) is 65.2 Å². The highest BCUT2D eigenvalue weighted by Crippen LogP contribution is 2.17. The van der Waals surface area contributed by atoms with E-state index in [2.05, 4.69) is 5.32 Å². The number of esters is 1. The van der Waals surface area contributed by atoms with Gasteiger partial charge in [-0.3, -0.25) is 9.59 Å². The summed E-state index contributed by atoms with van der Waals surface area (Å²) in [4.78, 5) is 34.9. The summed E-state index contributed by atoms with van der Waals surface area (Å²) >= 11 is 0. The summed E-state index contributed by atoms with van der Waals surface area (Å²) in [5.74, 6) is -1.19. The average molecular weight is 384 g/mol. The van der Waals surface area contributed by atoms with E-state index < -0.39 is 11.9 Å². The van der Waals surface area contributed by atoms with Gasteiger partial charge >= 0.3 is 5.97 Å². The molecule has 7 heteroatoms. The Labute approximate surface area is 163 Å². The van der Waals surface area contributed by atoms with E-state index >= 15 is 0 Å². The topological polar surface area (TPSA) is 108 Å². The van der Waals surface area contributed by atoms with Crippen LogP contribution in [0, 0.1) is 6.92 Å². The van der Waals surface area contributed by atoms with Crippen LogP contribution in [0.15, 0.2) is 48.5 Å². The monoisotopic (exact) mass is 384 g/mol. The minimum Gasteiger partial charge on any atom is -0.484 e. The number of rotatable bonds is 9. The minimum atomic E-state index is -0.625. The maximum Gasteiger partial charge on any atom is 0.338 e. The molecule has 1 atom stereocenters. The summed E-state index contributed by atoms with van der Waals surface area (Å²) in [6.07, 6.45) is 0.718. The van der Waals surface area contributed by atoms with Crippen molar-refractivity contribution in [2.24, 2.45) is 5.73 Å². The van der Waals surface area contributed by atoms with E-state index in [4.69, 9.17) is 15.2 Å². The molecule has 0 radical (unpaired) electrons. The van der Waals surface area contributed by atoms with Crippen molar-refractivity contribution >= 4 is 17.8 Å². The van der Waals surface area contributed by atoms with Gasteiger partial charge in [-0.2, -0.15) is 0 Å². The number of carbonyl (C=O) groups excluding carboxylic acids is 3. The number of primary amides is 1. The lowest BCUT2D eigenvalue weighted by Gasteiger charge is -2.17. The first-order valence-corrected chi connectivity index (χ1v) is 8.93. The molecule has 0 unspecified atom stereocenters. The summed E-state index contributed by atoms with van der Waals surface area (Å²) in [6.45, 7) is 3.35. The predicted molar refractivity (Wildman–Crippen MR) is 104 cm³/mol. The fourth-order valence-corrected chi connectivity index (χ4v) is 2.51. The first-order valence-electron chi connectivity index (χ1n) is 8.93. The number of ether oxygens (including phenoxy) is 2. The van der Waals surface area contributed by atoms with Crippen LogP contribution in [0.25, 0.3) is 0 Å². The van der Waals surface area contributed by atoms with Gasteiger partial charge in [0.25, 0.3) is 11.8 Å². The second-order valence-electron chi connectivity index (χ2n) is 6.29. The molecule has 2 rings (SSSR count). The van der Waals surface area contributed by atoms with Gasteiger partial charge in [-0.25, -0.2) is 4.79 Å². The highest BCUT2D eigenvalue weighted by atomic mass is 16.5. The quantitative estimate of drug-likeness (QED) is 0.645. The number of carbonyl (C=O) groups is 3. The molecule has 148 valence electrons. The normalized spacial score (nSPS) is 11.4. The van der Waals surface area contributed by atoms with Crippen molar-refractivity contribution in [2.45, 2.75) is 26.3 Å². The van der Waals surface area contributed by atoms with Crippen LogP contribution in [0.1, 0.15) is 40.9 Å². The largest absolute Gasteiger partial charge is 0.484 e. The molecule has 28 heavy (non-hydrogen) atoms. The molecule has 0 heterocycles. The summed E-state index contributed by atoms with van der Waals surface area (Å²) in [7, 11) is 0. The molecule has 2 aromatic rings. The van der Waals surface area contributed by atoms with E-state index in [-0.39, 0.29) is 30.7 Å². The van der Waals surface area contributed by atoms with Crippen LogP contribution in [0.4, 0.5) is 0 Å². The van der Waals surface area contributed by atoms with Crippen LogP contribution >= 0.6 is 0 Å². The molecule has 0 saturated carbocycles. The lowest BCUT2D eigenvalue weighted by molar-refractivity contribution is -0.125. The number of aryl methyl sites for hydroxylation is 1. The maximum atomic E-state index is 12.1. The molecular weight excluding hydrogens is 360 g/mol. The van der Waals surface area contributed by atoms with E-state index in [1.165, 1.54) is 24.3 Å². The molecule has 0 aromatic heterocycles. The number of hydrogen-bond acceptors (Lipinski definition) is 5. The van der Waals surface area contributed by atoms with Gasteiger partial charge in [-0.05, 0) is 43.2 Å². The summed E-state index contributed by atoms with van der Waals surface area (Å²) in [6, 6.07) is 13.8. The predicted octanol–water partition coefficient (Wildman–Crippen LogP) is 2.28. The molecule has 3 N–H and O–H groups in total. The third-order valence-electron chi connectivity index (χ3n) is 4.03. The third kappa shape index (κ3) is 6.42. The fourth-order valence-electron chi connectivity index (χ4n) is 2.51. The van der Waals surface area contributed by atoms with Crippen molar-refractivity contribution in [3.8, 4) is 5.75 Å². The molecule has 7 nitrogen and oxygen atoms in total. The Morgan fingerprint density at radius 3 is 2.21 bits per heavy atom. The summed E-state index contributed by atoms with van der Waals surface area (Å²) < 4.78 is 10.2. The first kappa shape index (κ1) is 21.0. The molecular formula is C21H24N2O5. The van der Waals surface area contributed by atoms with Crippen LogP contribution in [-0.4, -0.2) is 31.0 Å². The van der Waals surface area contributed by atoms with Crippen molar-refractivity contribution in [3.63, 3.8) is 0 Å². The van der Waals surface area contributed by atoms with Gasteiger partial charge < -0.3 is 20.5 Å².